The molecule has 14 unspecified atom stereocenters. The van der Waals surface area contributed by atoms with E-state index in [1.807, 2.05) is 26.8 Å². The molecule has 4 amide bonds. The van der Waals surface area contributed by atoms with Crippen LogP contribution in [-0.4, -0.2) is 188 Å². The first-order valence-electron chi connectivity index (χ1n) is 26.4. The zero-order chi connectivity index (χ0) is 59.0. The van der Waals surface area contributed by atoms with E-state index >= 15 is 0 Å². The van der Waals surface area contributed by atoms with Crippen LogP contribution >= 0.6 is 17.2 Å². The number of nitrogens with one attached hydrogen (secondary N) is 3. The Labute approximate surface area is 459 Å². The highest BCUT2D eigenvalue weighted by Gasteiger charge is 2.57. The molecule has 1 aliphatic carbocycles. The number of carbonyl (C=O) groups is 6. The number of hydrogen-bond donors (Lipinski definition) is 7. The van der Waals surface area contributed by atoms with Crippen LogP contribution in [0.2, 0.25) is 0 Å². The minimum Gasteiger partial charge on any atom is -0.494 e. The van der Waals surface area contributed by atoms with E-state index in [4.69, 9.17) is 37.9 Å². The van der Waals surface area contributed by atoms with Crippen LogP contribution in [0.4, 0.5) is 19.2 Å². The van der Waals surface area contributed by atoms with E-state index in [9.17, 15) is 49.2 Å². The van der Waals surface area contributed by atoms with Gasteiger partial charge in [-0.15, -0.1) is 8.58 Å². The van der Waals surface area contributed by atoms with E-state index in [-0.39, 0.29) is 39.0 Å². The van der Waals surface area contributed by atoms with Crippen LogP contribution in [0.1, 0.15) is 144 Å². The summed E-state index contributed by atoms with van der Waals surface area (Å²) in [4.78, 5) is 81.2. The van der Waals surface area contributed by atoms with Crippen molar-refractivity contribution in [3.05, 3.63) is 11.8 Å². The third-order valence-electron chi connectivity index (χ3n) is 12.1. The van der Waals surface area contributed by atoms with Gasteiger partial charge in [-0.3, -0.25) is 9.59 Å². The van der Waals surface area contributed by atoms with Gasteiger partial charge in [0.1, 0.15) is 58.0 Å². The molecule has 0 aromatic carbocycles. The zero-order valence-corrected chi connectivity index (χ0v) is 51.0. The van der Waals surface area contributed by atoms with Crippen LogP contribution in [0.25, 0.3) is 0 Å². The molecule has 1 saturated carbocycles. The molecule has 3 rings (SSSR count). The number of likely N-dealkylation sites (N-methyl/N-ethyl adjacent to an activating group) is 1. The molecule has 14 atom stereocenters. The molecule has 0 bridgehead atoms. The Morgan fingerprint density at radius 1 is 0.766 bits per heavy atom. The van der Waals surface area contributed by atoms with E-state index in [0.717, 1.165) is 11.1 Å². The minimum atomic E-state index is -1.88. The van der Waals surface area contributed by atoms with Gasteiger partial charge in [0.15, 0.2) is 6.29 Å². The predicted octanol–water partition coefficient (Wildman–Crippen LogP) is 6.06. The summed E-state index contributed by atoms with van der Waals surface area (Å²) in [5.41, 5.74) is -6.67. The number of hydrogen-bond acceptors (Lipinski definition) is 18. The molecule has 0 radical (unpaired) electrons. The summed E-state index contributed by atoms with van der Waals surface area (Å²) in [5, 5.41) is 55.8. The number of allylic oxidation sites excluding steroid dienone is 2. The topological polar surface area (TPSA) is 297 Å². The first-order valence-corrected chi connectivity index (χ1v) is 29.0. The molecular weight excluding hydrogens is 1040 g/mol. The van der Waals surface area contributed by atoms with Crippen LogP contribution in [0.3, 0.4) is 0 Å². The minimum absolute atomic E-state index is 0.0494. The van der Waals surface area contributed by atoms with Crippen molar-refractivity contribution in [1.82, 2.24) is 20.9 Å². The molecule has 24 heteroatoms. The number of ether oxygens (including phenoxy) is 8. The lowest BCUT2D eigenvalue weighted by Crippen LogP contribution is -2.70. The second kappa shape index (κ2) is 26.8. The first-order chi connectivity index (χ1) is 34.9. The summed E-state index contributed by atoms with van der Waals surface area (Å²) in [6, 6.07) is -3.89. The van der Waals surface area contributed by atoms with Crippen molar-refractivity contribution < 1.29 is 87.1 Å². The standard InChI is InChI=1S/C53H94N4O18P2/c1-47(2,3)71-34(59)22-29-20-21-30(25-76-27-52(16,17)28-77-46(66)75-51(13,14)15)69-38(29)35-31(56-44(64)73-49(7,8)9)23-32(55-41(62)33(58)24-54-43(63)72-48(4,5)6)39(36(35)60)70-42-37(61)40(53(18,67)26-68-42)57(19)45(65)74-50(10,11)12/h21,29,31-33,35-40,42,58,60-61,67,76-77H,20,22-28H2,1-19H3,(H,54,63)(H,55,62)(H,56,64). The number of amides is 4. The molecule has 3 aliphatic rings. The summed E-state index contributed by atoms with van der Waals surface area (Å²) in [7, 11) is 1.59. The van der Waals surface area contributed by atoms with Crippen molar-refractivity contribution >= 4 is 53.0 Å². The Hall–Kier alpha value is -3.62. The fraction of sp³-hybridized carbons (Fsp3) is 0.849. The molecular formula is C53H94N4O18P2. The lowest BCUT2D eigenvalue weighted by Gasteiger charge is -2.52. The van der Waals surface area contributed by atoms with Crippen LogP contribution in [0.5, 0.6) is 0 Å². The largest absolute Gasteiger partial charge is 0.494 e. The van der Waals surface area contributed by atoms with Crippen molar-refractivity contribution in [2.45, 2.75) is 232 Å². The van der Waals surface area contributed by atoms with Crippen molar-refractivity contribution in [2.24, 2.45) is 17.3 Å². The van der Waals surface area contributed by atoms with E-state index < -0.39 is 144 Å². The van der Waals surface area contributed by atoms with Gasteiger partial charge in [-0.2, -0.15) is 0 Å². The van der Waals surface area contributed by atoms with E-state index in [2.05, 4.69) is 29.8 Å². The number of aliphatic hydroxyl groups excluding tert-OH is 3. The zero-order valence-electron chi connectivity index (χ0n) is 49.0. The van der Waals surface area contributed by atoms with E-state index in [0.29, 0.717) is 26.7 Å². The Morgan fingerprint density at radius 3 is 1.88 bits per heavy atom. The first kappa shape index (κ1) is 67.7. The quantitative estimate of drug-likeness (QED) is 0.0466. The van der Waals surface area contributed by atoms with Crippen LogP contribution in [-0.2, 0) is 47.5 Å². The number of alkyl carbamates (subject to hydrolysis) is 2. The molecule has 0 aromatic rings. The molecule has 2 fully saturated rings. The van der Waals surface area contributed by atoms with E-state index in [1.54, 1.807) is 83.1 Å². The fourth-order valence-corrected chi connectivity index (χ4v) is 11.8. The van der Waals surface area contributed by atoms with Gasteiger partial charge in [0.2, 0.25) is 0 Å². The Bertz CT molecular complexity index is 2060. The number of rotatable bonds is 18. The molecule has 444 valence electrons. The highest BCUT2D eigenvalue weighted by molar-refractivity contribution is 7.57. The smallest absolute Gasteiger partial charge is 0.410 e. The number of aliphatic hydroxyl groups is 4. The van der Waals surface area contributed by atoms with Gasteiger partial charge in [-0.05, 0) is 156 Å². The highest BCUT2D eigenvalue weighted by atomic mass is 31.1. The molecule has 7 N–H and O–H groups in total. The lowest BCUT2D eigenvalue weighted by molar-refractivity contribution is -0.306. The predicted molar refractivity (Wildman–Crippen MR) is 291 cm³/mol. The Kier molecular flexibility index (Phi) is 23.5. The van der Waals surface area contributed by atoms with Gasteiger partial charge in [0.05, 0.1) is 43.5 Å². The summed E-state index contributed by atoms with van der Waals surface area (Å²) in [6.07, 6.45) is -9.02. The fourth-order valence-electron chi connectivity index (χ4n) is 9.05. The molecule has 0 spiro atoms. The van der Waals surface area contributed by atoms with Gasteiger partial charge >= 0.3 is 30.0 Å². The van der Waals surface area contributed by atoms with Crippen LogP contribution < -0.4 is 16.0 Å². The number of esters is 1. The normalized spacial score (nSPS) is 28.2. The van der Waals surface area contributed by atoms with Crippen molar-refractivity contribution in [3.63, 3.8) is 0 Å². The average Bonchev–Trinajstić information content (AvgIpc) is 3.21. The molecule has 0 aromatic heterocycles. The lowest BCUT2D eigenvalue weighted by atomic mass is 9.70. The average molecular weight is 1140 g/mol. The van der Waals surface area contributed by atoms with E-state index in [1.165, 1.54) is 14.0 Å². The molecule has 77 heavy (non-hydrogen) atoms. The summed E-state index contributed by atoms with van der Waals surface area (Å²) < 4.78 is 47.3. The Balaban J connectivity index is 2.17. The Morgan fingerprint density at radius 2 is 1.32 bits per heavy atom. The molecule has 1 saturated heterocycles. The second-order valence-corrected chi connectivity index (χ2v) is 28.7. The molecule has 22 nitrogen and oxygen atoms in total. The highest BCUT2D eigenvalue weighted by Crippen LogP contribution is 2.43. The van der Waals surface area contributed by atoms with Gasteiger partial charge < -0.3 is 79.2 Å². The number of carbonyl (C=O) groups excluding carboxylic acids is 6. The van der Waals surface area contributed by atoms with Gasteiger partial charge in [0.25, 0.3) is 5.91 Å². The maximum absolute atomic E-state index is 14.0. The van der Waals surface area contributed by atoms with Crippen molar-refractivity contribution in [1.29, 1.82) is 0 Å². The maximum Gasteiger partial charge on any atom is 0.410 e. The second-order valence-electron chi connectivity index (χ2n) is 26.4. The summed E-state index contributed by atoms with van der Waals surface area (Å²) in [6.45, 7) is 30.0. The third kappa shape index (κ3) is 23.2. The maximum atomic E-state index is 14.0. The van der Waals surface area contributed by atoms with Crippen molar-refractivity contribution in [2.75, 3.05) is 38.7 Å². The SMILES string of the molecule is CN(C(=O)OC(C)(C)C)C1C(O)C(OC2C(NC(=O)C(O)CNC(=O)OC(C)(C)C)CC(NC(=O)OC(C)(C)C)C(C3OC(CPCC(C)(C)CPC(=O)OC(C)(C)C)=CCC3CC(=O)OC(C)(C)C)C2O)OCC1(C)O. The van der Waals surface area contributed by atoms with Gasteiger partial charge in [-0.25, -0.2) is 19.2 Å². The number of nitrogens with zero attached hydrogens (tertiary/aromatic N) is 1. The third-order valence-corrected chi connectivity index (χ3v) is 15.4. The summed E-state index contributed by atoms with van der Waals surface area (Å²) in [5.74, 6) is -2.90. The molecule has 2 aliphatic heterocycles. The van der Waals surface area contributed by atoms with Crippen LogP contribution in [0.15, 0.2) is 11.8 Å². The monoisotopic (exact) mass is 1140 g/mol. The van der Waals surface area contributed by atoms with Crippen molar-refractivity contribution in [3.8, 4) is 0 Å². The van der Waals surface area contributed by atoms with Gasteiger partial charge in [0, 0.05) is 31.1 Å². The summed E-state index contributed by atoms with van der Waals surface area (Å²) >= 11 is 0. The van der Waals surface area contributed by atoms with Crippen LogP contribution in [0, 0.1) is 17.3 Å². The molecule has 2 heterocycles. The van der Waals surface area contributed by atoms with Gasteiger partial charge in [-0.1, -0.05) is 13.8 Å².